The van der Waals surface area contributed by atoms with Crippen molar-refractivity contribution < 1.29 is 17.9 Å². The molecule has 0 saturated carbocycles. The summed E-state index contributed by atoms with van der Waals surface area (Å²) in [7, 11) is 0. The van der Waals surface area contributed by atoms with Gasteiger partial charge in [-0.2, -0.15) is 5.26 Å². The van der Waals surface area contributed by atoms with Crippen LogP contribution in [-0.4, -0.2) is 6.36 Å². The number of ether oxygens (including phenoxy) is 1. The van der Waals surface area contributed by atoms with Crippen molar-refractivity contribution in [3.8, 4) is 11.8 Å². The van der Waals surface area contributed by atoms with E-state index in [4.69, 9.17) is 11.0 Å². The van der Waals surface area contributed by atoms with Crippen molar-refractivity contribution in [1.82, 2.24) is 0 Å². The highest BCUT2D eigenvalue weighted by Crippen LogP contribution is 2.23. The molecular formula is C10H7F3N2O. The Morgan fingerprint density at radius 2 is 1.88 bits per heavy atom. The Hall–Kier alpha value is -2.16. The Morgan fingerprint density at radius 3 is 2.31 bits per heavy atom. The summed E-state index contributed by atoms with van der Waals surface area (Å²) in [6.07, 6.45) is -3.62. The van der Waals surface area contributed by atoms with Crippen LogP contribution in [0.2, 0.25) is 0 Å². The maximum Gasteiger partial charge on any atom is 0.573 e. The van der Waals surface area contributed by atoms with E-state index < -0.39 is 6.36 Å². The number of rotatable bonds is 2. The molecule has 1 aromatic rings. The van der Waals surface area contributed by atoms with Crippen LogP contribution in [0.4, 0.5) is 13.2 Å². The molecule has 6 heteroatoms. The summed E-state index contributed by atoms with van der Waals surface area (Å²) in [6.45, 7) is 0. The molecule has 0 saturated heterocycles. The minimum atomic E-state index is -4.71. The minimum absolute atomic E-state index is 0.182. The van der Waals surface area contributed by atoms with E-state index in [2.05, 4.69) is 4.74 Å². The van der Waals surface area contributed by atoms with E-state index in [9.17, 15) is 13.2 Å². The van der Waals surface area contributed by atoms with Crippen LogP contribution in [0.1, 0.15) is 5.56 Å². The molecule has 0 bridgehead atoms. The molecule has 0 fully saturated rings. The van der Waals surface area contributed by atoms with Crippen molar-refractivity contribution in [1.29, 1.82) is 5.26 Å². The monoisotopic (exact) mass is 228 g/mol. The zero-order valence-electron chi connectivity index (χ0n) is 7.95. The van der Waals surface area contributed by atoms with Gasteiger partial charge in [0.15, 0.2) is 0 Å². The number of benzene rings is 1. The normalized spacial score (nSPS) is 12.0. The molecule has 16 heavy (non-hydrogen) atoms. The van der Waals surface area contributed by atoms with Crippen molar-refractivity contribution >= 4 is 5.70 Å². The third kappa shape index (κ3) is 3.53. The van der Waals surface area contributed by atoms with Crippen LogP contribution in [0.5, 0.6) is 5.75 Å². The molecule has 0 amide bonds. The lowest BCUT2D eigenvalue weighted by molar-refractivity contribution is -0.274. The fourth-order valence-electron chi connectivity index (χ4n) is 1.00. The van der Waals surface area contributed by atoms with Crippen LogP contribution < -0.4 is 10.5 Å². The van der Waals surface area contributed by atoms with E-state index in [0.717, 1.165) is 18.2 Å². The minimum Gasteiger partial charge on any atom is -0.406 e. The number of nitrogens with two attached hydrogens (primary N) is 1. The van der Waals surface area contributed by atoms with E-state index in [0.29, 0.717) is 5.56 Å². The molecule has 3 nitrogen and oxygen atoms in total. The third-order valence-corrected chi connectivity index (χ3v) is 1.64. The second-order valence-corrected chi connectivity index (χ2v) is 2.80. The molecule has 0 aliphatic carbocycles. The van der Waals surface area contributed by atoms with Gasteiger partial charge in [-0.15, -0.1) is 13.2 Å². The summed E-state index contributed by atoms with van der Waals surface area (Å²) in [6, 6.07) is 6.65. The first-order valence-corrected chi connectivity index (χ1v) is 4.14. The molecule has 0 aliphatic heterocycles. The number of halogens is 3. The molecule has 1 aromatic carbocycles. The third-order valence-electron chi connectivity index (χ3n) is 1.64. The van der Waals surface area contributed by atoms with Crippen LogP contribution in [0, 0.1) is 11.3 Å². The quantitative estimate of drug-likeness (QED) is 0.790. The molecule has 0 unspecified atom stereocenters. The predicted molar refractivity (Wildman–Crippen MR) is 50.9 cm³/mol. The number of hydrogen-bond donors (Lipinski definition) is 1. The first-order valence-electron chi connectivity index (χ1n) is 4.14. The van der Waals surface area contributed by atoms with E-state index in [1.165, 1.54) is 12.1 Å². The summed E-state index contributed by atoms with van der Waals surface area (Å²) in [5.74, 6) is -0.332. The maximum atomic E-state index is 11.8. The van der Waals surface area contributed by atoms with Crippen molar-refractivity contribution in [3.05, 3.63) is 35.9 Å². The topological polar surface area (TPSA) is 59.0 Å². The Labute approximate surface area is 89.5 Å². The van der Waals surface area contributed by atoms with Gasteiger partial charge >= 0.3 is 6.36 Å². The zero-order valence-corrected chi connectivity index (χ0v) is 7.95. The molecular weight excluding hydrogens is 221 g/mol. The van der Waals surface area contributed by atoms with Crippen molar-refractivity contribution in [3.63, 3.8) is 0 Å². The Balaban J connectivity index is 2.85. The fraction of sp³-hybridized carbons (Fsp3) is 0.100. The summed E-state index contributed by atoms with van der Waals surface area (Å²) in [5, 5.41) is 8.33. The molecule has 2 N–H and O–H groups in total. The number of hydrogen-bond acceptors (Lipinski definition) is 3. The molecule has 1 rings (SSSR count). The van der Waals surface area contributed by atoms with Gasteiger partial charge in [-0.3, -0.25) is 0 Å². The first-order chi connectivity index (χ1) is 7.42. The average molecular weight is 228 g/mol. The number of alkyl halides is 3. The van der Waals surface area contributed by atoms with Crippen LogP contribution in [-0.2, 0) is 0 Å². The Kier molecular flexibility index (Phi) is 3.40. The lowest BCUT2D eigenvalue weighted by Crippen LogP contribution is -2.17. The second-order valence-electron chi connectivity index (χ2n) is 2.80. The van der Waals surface area contributed by atoms with Crippen molar-refractivity contribution in [2.75, 3.05) is 0 Å². The number of nitriles is 1. The first kappa shape index (κ1) is 11.9. The molecule has 0 atom stereocenters. The van der Waals surface area contributed by atoms with Crippen molar-refractivity contribution in [2.45, 2.75) is 6.36 Å². The van der Waals surface area contributed by atoms with Gasteiger partial charge in [-0.25, -0.2) is 0 Å². The second kappa shape index (κ2) is 4.57. The van der Waals surface area contributed by atoms with E-state index >= 15 is 0 Å². The highest BCUT2D eigenvalue weighted by Gasteiger charge is 2.30. The largest absolute Gasteiger partial charge is 0.573 e. The van der Waals surface area contributed by atoms with Gasteiger partial charge in [0.1, 0.15) is 5.75 Å². The molecule has 0 heterocycles. The summed E-state index contributed by atoms with van der Waals surface area (Å²) in [5.41, 5.74) is 6.09. The Bertz CT molecular complexity index is 429. The fourth-order valence-corrected chi connectivity index (χ4v) is 1.00. The van der Waals surface area contributed by atoms with Crippen LogP contribution in [0.25, 0.3) is 5.70 Å². The van der Waals surface area contributed by atoms with Crippen LogP contribution in [0.15, 0.2) is 30.3 Å². The highest BCUT2D eigenvalue weighted by atomic mass is 19.4. The van der Waals surface area contributed by atoms with Gasteiger partial charge in [-0.1, -0.05) is 0 Å². The SMILES string of the molecule is N#C/C=C(/N)c1ccc(OC(F)(F)F)cc1. The lowest BCUT2D eigenvalue weighted by atomic mass is 10.1. The van der Waals surface area contributed by atoms with Gasteiger partial charge in [-0.05, 0) is 29.8 Å². The summed E-state index contributed by atoms with van der Waals surface area (Å²) >= 11 is 0. The van der Waals surface area contributed by atoms with Crippen LogP contribution in [0.3, 0.4) is 0 Å². The molecule has 0 aromatic heterocycles. The van der Waals surface area contributed by atoms with E-state index in [-0.39, 0.29) is 11.4 Å². The smallest absolute Gasteiger partial charge is 0.406 e. The molecule has 0 aliphatic rings. The van der Waals surface area contributed by atoms with E-state index in [1.54, 1.807) is 6.07 Å². The predicted octanol–water partition coefficient (Wildman–Crippen LogP) is 2.41. The van der Waals surface area contributed by atoms with Gasteiger partial charge in [0.2, 0.25) is 0 Å². The molecule has 0 spiro atoms. The van der Waals surface area contributed by atoms with Gasteiger partial charge in [0.05, 0.1) is 6.07 Å². The highest BCUT2D eigenvalue weighted by molar-refractivity contribution is 5.65. The maximum absolute atomic E-state index is 11.8. The summed E-state index contributed by atoms with van der Waals surface area (Å²) < 4.78 is 39.1. The number of nitrogens with zero attached hydrogens (tertiary/aromatic N) is 1. The summed E-state index contributed by atoms with van der Waals surface area (Å²) in [4.78, 5) is 0. The van der Waals surface area contributed by atoms with Gasteiger partial charge in [0, 0.05) is 11.8 Å². The van der Waals surface area contributed by atoms with Gasteiger partial charge in [0.25, 0.3) is 0 Å². The zero-order chi connectivity index (χ0) is 12.2. The Morgan fingerprint density at radius 1 is 1.31 bits per heavy atom. The average Bonchev–Trinajstić information content (AvgIpc) is 2.16. The molecule has 84 valence electrons. The molecule has 0 radical (unpaired) electrons. The van der Waals surface area contributed by atoms with Crippen LogP contribution >= 0.6 is 0 Å². The van der Waals surface area contributed by atoms with E-state index in [1.807, 2.05) is 0 Å². The van der Waals surface area contributed by atoms with Crippen molar-refractivity contribution in [2.24, 2.45) is 5.73 Å². The number of allylic oxidation sites excluding steroid dienone is 1. The lowest BCUT2D eigenvalue weighted by Gasteiger charge is -2.09. The standard InChI is InChI=1S/C10H7F3N2O/c11-10(12,13)16-8-3-1-7(2-4-8)9(15)5-6-14/h1-5H,15H2/b9-5+. The van der Waals surface area contributed by atoms with Gasteiger partial charge < -0.3 is 10.5 Å².